The van der Waals surface area contributed by atoms with E-state index in [2.05, 4.69) is 12.2 Å². The lowest BCUT2D eigenvalue weighted by Crippen LogP contribution is -2.44. The molecule has 0 heterocycles. The van der Waals surface area contributed by atoms with Gasteiger partial charge in [-0.3, -0.25) is 4.79 Å². The van der Waals surface area contributed by atoms with Crippen molar-refractivity contribution in [1.29, 1.82) is 0 Å². The number of aliphatic hydroxyl groups is 2. The van der Waals surface area contributed by atoms with Crippen LogP contribution in [0.25, 0.3) is 0 Å². The first-order chi connectivity index (χ1) is 16.6. The van der Waals surface area contributed by atoms with Crippen molar-refractivity contribution in [2.75, 3.05) is 6.61 Å². The molecule has 0 aromatic rings. The fourth-order valence-electron chi connectivity index (χ4n) is 4.56. The summed E-state index contributed by atoms with van der Waals surface area (Å²) in [6, 6.07) is -0.617. The van der Waals surface area contributed by atoms with Gasteiger partial charge in [-0.05, 0) is 12.8 Å². The van der Waals surface area contributed by atoms with E-state index in [-0.39, 0.29) is 12.5 Å². The van der Waals surface area contributed by atoms with Crippen molar-refractivity contribution in [3.63, 3.8) is 0 Å². The molecular weight excluding hydrogens is 422 g/mol. The maximum absolute atomic E-state index is 11.0. The van der Waals surface area contributed by atoms with Crippen LogP contribution in [-0.2, 0) is 4.79 Å². The van der Waals surface area contributed by atoms with Crippen molar-refractivity contribution in [2.24, 2.45) is 0 Å². The fourth-order valence-corrected chi connectivity index (χ4v) is 4.56. The monoisotopic (exact) mass is 481 g/mol. The molecule has 0 saturated carbocycles. The van der Waals surface area contributed by atoms with Gasteiger partial charge < -0.3 is 15.5 Å². The maximum atomic E-state index is 11.0. The third-order valence-corrected chi connectivity index (χ3v) is 6.81. The van der Waals surface area contributed by atoms with Gasteiger partial charge in [0.25, 0.3) is 0 Å². The SMILES string of the molecule is CCCCCCCCCCCCCCCCCCCCCCC/C=C/C(O)C(CO)NC(C)=O. The van der Waals surface area contributed by atoms with E-state index in [0.717, 1.165) is 12.8 Å². The number of hydrogen-bond acceptors (Lipinski definition) is 3. The predicted octanol–water partition coefficient (Wildman–Crippen LogP) is 8.00. The highest BCUT2D eigenvalue weighted by molar-refractivity contribution is 5.73. The van der Waals surface area contributed by atoms with Crippen molar-refractivity contribution in [1.82, 2.24) is 5.32 Å². The van der Waals surface area contributed by atoms with Gasteiger partial charge in [0.1, 0.15) is 0 Å². The normalized spacial score (nSPS) is 13.4. The van der Waals surface area contributed by atoms with Crippen molar-refractivity contribution < 1.29 is 15.0 Å². The van der Waals surface area contributed by atoms with Crippen LogP contribution in [0.5, 0.6) is 0 Å². The highest BCUT2D eigenvalue weighted by atomic mass is 16.3. The molecule has 0 aliphatic rings. The summed E-state index contributed by atoms with van der Waals surface area (Å²) in [5.74, 6) is -0.240. The lowest BCUT2D eigenvalue weighted by Gasteiger charge is -2.18. The Morgan fingerprint density at radius 3 is 1.35 bits per heavy atom. The van der Waals surface area contributed by atoms with Gasteiger partial charge in [0.2, 0.25) is 5.91 Å². The minimum absolute atomic E-state index is 0.240. The van der Waals surface area contributed by atoms with Gasteiger partial charge in [0, 0.05) is 6.92 Å². The Morgan fingerprint density at radius 2 is 1.03 bits per heavy atom. The number of nitrogens with one attached hydrogen (secondary N) is 1. The molecule has 0 aromatic heterocycles. The second-order valence-electron chi connectivity index (χ2n) is 10.3. The number of aliphatic hydroxyl groups excluding tert-OH is 2. The van der Waals surface area contributed by atoms with Gasteiger partial charge in [-0.25, -0.2) is 0 Å². The van der Waals surface area contributed by atoms with Crippen LogP contribution in [0, 0.1) is 0 Å². The summed E-state index contributed by atoms with van der Waals surface area (Å²) in [5, 5.41) is 21.7. The van der Waals surface area contributed by atoms with Crippen LogP contribution in [0.4, 0.5) is 0 Å². The fraction of sp³-hybridized carbons (Fsp3) is 0.900. The number of allylic oxidation sites excluding steroid dienone is 1. The Kier molecular flexibility index (Phi) is 26.0. The second-order valence-corrected chi connectivity index (χ2v) is 10.3. The molecule has 202 valence electrons. The summed E-state index contributed by atoms with van der Waals surface area (Å²) < 4.78 is 0. The smallest absolute Gasteiger partial charge is 0.217 e. The van der Waals surface area contributed by atoms with Crippen LogP contribution in [-0.4, -0.2) is 34.9 Å². The van der Waals surface area contributed by atoms with Gasteiger partial charge >= 0.3 is 0 Å². The van der Waals surface area contributed by atoms with Crippen LogP contribution in [0.15, 0.2) is 12.2 Å². The van der Waals surface area contributed by atoms with Crippen LogP contribution in [0.2, 0.25) is 0 Å². The first kappa shape index (κ1) is 33.1. The molecule has 34 heavy (non-hydrogen) atoms. The van der Waals surface area contributed by atoms with Crippen molar-refractivity contribution in [3.05, 3.63) is 12.2 Å². The lowest BCUT2D eigenvalue weighted by molar-refractivity contribution is -0.120. The predicted molar refractivity (Wildman–Crippen MR) is 147 cm³/mol. The number of rotatable bonds is 26. The van der Waals surface area contributed by atoms with E-state index in [1.807, 2.05) is 6.08 Å². The molecule has 2 atom stereocenters. The second kappa shape index (κ2) is 26.7. The highest BCUT2D eigenvalue weighted by Crippen LogP contribution is 2.15. The number of amides is 1. The van der Waals surface area contributed by atoms with E-state index in [1.165, 1.54) is 135 Å². The molecular formula is C30H59NO3. The molecule has 0 aliphatic heterocycles. The zero-order chi connectivity index (χ0) is 25.1. The Hall–Kier alpha value is -0.870. The molecule has 0 aliphatic carbocycles. The molecule has 3 N–H and O–H groups in total. The first-order valence-electron chi connectivity index (χ1n) is 14.8. The van der Waals surface area contributed by atoms with Gasteiger partial charge in [0.05, 0.1) is 18.8 Å². The number of unbranched alkanes of at least 4 members (excludes halogenated alkanes) is 21. The molecule has 2 unspecified atom stereocenters. The lowest BCUT2D eigenvalue weighted by atomic mass is 10.0. The zero-order valence-electron chi connectivity index (χ0n) is 22.9. The molecule has 0 saturated heterocycles. The van der Waals surface area contributed by atoms with Gasteiger partial charge in [-0.15, -0.1) is 0 Å². The van der Waals surface area contributed by atoms with E-state index >= 15 is 0 Å². The van der Waals surface area contributed by atoms with E-state index < -0.39 is 12.1 Å². The van der Waals surface area contributed by atoms with E-state index in [1.54, 1.807) is 6.08 Å². The van der Waals surface area contributed by atoms with Gasteiger partial charge in [-0.2, -0.15) is 0 Å². The maximum Gasteiger partial charge on any atom is 0.217 e. The summed E-state index contributed by atoms with van der Waals surface area (Å²) in [5.41, 5.74) is 0. The average Bonchev–Trinajstić information content (AvgIpc) is 2.82. The zero-order valence-corrected chi connectivity index (χ0v) is 22.9. The summed E-state index contributed by atoms with van der Waals surface area (Å²) >= 11 is 0. The molecule has 0 aromatic carbocycles. The molecule has 4 heteroatoms. The quantitative estimate of drug-likeness (QED) is 0.0865. The van der Waals surface area contributed by atoms with E-state index in [0.29, 0.717) is 0 Å². The summed E-state index contributed by atoms with van der Waals surface area (Å²) in [4.78, 5) is 11.0. The van der Waals surface area contributed by atoms with E-state index in [4.69, 9.17) is 0 Å². The minimum atomic E-state index is -0.830. The average molecular weight is 482 g/mol. The standard InChI is InChI=1S/C30H59NO3/c1-3-4-5-6-7-8-9-10-11-12-13-14-15-16-17-18-19-20-21-22-23-24-25-26-30(34)29(27-32)31-28(2)33/h25-26,29-30,32,34H,3-24,27H2,1-2H3,(H,31,33)/b26-25+. The Balaban J connectivity index is 3.26. The van der Waals surface area contributed by atoms with Crippen LogP contribution < -0.4 is 5.32 Å². The third kappa shape index (κ3) is 24.3. The number of hydrogen-bond donors (Lipinski definition) is 3. The molecule has 0 spiro atoms. The molecule has 0 fully saturated rings. The molecule has 0 bridgehead atoms. The van der Waals surface area contributed by atoms with Crippen molar-refractivity contribution in [3.8, 4) is 0 Å². The van der Waals surface area contributed by atoms with Crippen molar-refractivity contribution >= 4 is 5.91 Å². The third-order valence-electron chi connectivity index (χ3n) is 6.81. The molecule has 0 rings (SSSR count). The number of carbonyl (C=O) groups excluding carboxylic acids is 1. The Bertz CT molecular complexity index is 452. The van der Waals surface area contributed by atoms with Crippen LogP contribution >= 0.6 is 0 Å². The first-order valence-corrected chi connectivity index (χ1v) is 14.8. The van der Waals surface area contributed by atoms with Gasteiger partial charge in [0.15, 0.2) is 0 Å². The molecule has 1 amide bonds. The minimum Gasteiger partial charge on any atom is -0.394 e. The Labute approximate surface area is 212 Å². The van der Waals surface area contributed by atoms with E-state index in [9.17, 15) is 15.0 Å². The Morgan fingerprint density at radius 1 is 0.676 bits per heavy atom. The summed E-state index contributed by atoms with van der Waals surface area (Å²) in [6.45, 7) is 3.42. The van der Waals surface area contributed by atoms with Gasteiger partial charge in [-0.1, -0.05) is 147 Å². The highest BCUT2D eigenvalue weighted by Gasteiger charge is 2.15. The van der Waals surface area contributed by atoms with Crippen LogP contribution in [0.3, 0.4) is 0 Å². The van der Waals surface area contributed by atoms with Crippen LogP contribution in [0.1, 0.15) is 155 Å². The molecule has 4 nitrogen and oxygen atoms in total. The number of carbonyl (C=O) groups is 1. The van der Waals surface area contributed by atoms with Crippen molar-refractivity contribution in [2.45, 2.75) is 167 Å². The molecule has 0 radical (unpaired) electrons. The summed E-state index contributed by atoms with van der Waals surface area (Å²) in [6.07, 6.45) is 33.0. The summed E-state index contributed by atoms with van der Waals surface area (Å²) in [7, 11) is 0. The largest absolute Gasteiger partial charge is 0.394 e. The topological polar surface area (TPSA) is 69.6 Å².